The Morgan fingerprint density at radius 3 is 0.686 bits per heavy atom. The molecule has 2 aliphatic rings. The van der Waals surface area contributed by atoms with Crippen LogP contribution in [-0.2, 0) is 51.9 Å². The quantitative estimate of drug-likeness (QED) is 0.157. The van der Waals surface area contributed by atoms with Crippen LogP contribution in [0.15, 0.2) is 146 Å². The first-order valence-electron chi connectivity index (χ1n) is 22.0. The lowest BCUT2D eigenvalue weighted by Gasteiger charge is -2.20. The molecule has 0 aliphatic carbocycles. The summed E-state index contributed by atoms with van der Waals surface area (Å²) >= 11 is 0. The zero-order valence-electron chi connectivity index (χ0n) is 37.0. The molecule has 0 saturated carbocycles. The van der Waals surface area contributed by atoms with E-state index in [1.807, 2.05) is 0 Å². The maximum Gasteiger partial charge on any atom is 0.419 e. The van der Waals surface area contributed by atoms with Gasteiger partial charge in [0.25, 0.3) is 0 Å². The van der Waals surface area contributed by atoms with Crippen molar-refractivity contribution in [1.29, 1.82) is 0 Å². The fourth-order valence-corrected chi connectivity index (χ4v) is 10.4. The Labute approximate surface area is 391 Å². The highest BCUT2D eigenvalue weighted by Crippen LogP contribution is 2.52. The van der Waals surface area contributed by atoms with E-state index in [1.54, 1.807) is 24.3 Å². The van der Waals surface area contributed by atoms with Gasteiger partial charge in [-0.3, -0.25) is 0 Å². The molecule has 0 N–H and O–H groups in total. The lowest BCUT2D eigenvalue weighted by Crippen LogP contribution is -2.31. The molecule has 4 nitrogen and oxygen atoms in total. The topological polar surface area (TPSA) is 19.7 Å². The highest BCUT2D eigenvalue weighted by Gasteiger charge is 2.53. The van der Waals surface area contributed by atoms with Crippen LogP contribution >= 0.6 is 0 Å². The first kappa shape index (κ1) is 46.4. The average Bonchev–Trinajstić information content (AvgIpc) is 4.06. The minimum Gasteiger partial charge on any atom is -0.343 e. The molecule has 0 saturated heterocycles. The molecule has 4 aromatic heterocycles. The van der Waals surface area contributed by atoms with Gasteiger partial charge in [0.05, 0.1) is 66.4 Å². The number of hydrogen-bond donors (Lipinski definition) is 0. The molecule has 70 heavy (non-hydrogen) atoms. The molecule has 10 rings (SSSR count). The molecule has 16 heteroatoms. The van der Waals surface area contributed by atoms with Crippen molar-refractivity contribution in [3.05, 3.63) is 234 Å². The van der Waals surface area contributed by atoms with Gasteiger partial charge in [-0.1, -0.05) is 121 Å². The highest BCUT2D eigenvalue weighted by atomic mass is 19.4. The number of benzene rings is 4. The van der Waals surface area contributed by atoms with Crippen LogP contribution in [0.3, 0.4) is 0 Å². The van der Waals surface area contributed by atoms with Gasteiger partial charge in [0.1, 0.15) is 0 Å². The van der Waals surface area contributed by atoms with E-state index in [2.05, 4.69) is 0 Å². The van der Waals surface area contributed by atoms with Crippen LogP contribution in [0, 0.1) is 0 Å². The van der Waals surface area contributed by atoms with Gasteiger partial charge >= 0.3 is 24.7 Å². The van der Waals surface area contributed by atoms with Crippen molar-refractivity contribution in [2.45, 2.75) is 50.6 Å². The monoisotopic (exact) mass is 970 g/mol. The maximum atomic E-state index is 16.3. The van der Waals surface area contributed by atoms with Gasteiger partial charge in [-0.05, 0) is 59.4 Å². The van der Waals surface area contributed by atoms with Gasteiger partial charge in [-0.2, -0.15) is 52.7 Å². The van der Waals surface area contributed by atoms with Crippen LogP contribution in [0.5, 0.6) is 0 Å². The predicted octanol–water partition coefficient (Wildman–Crippen LogP) is 11.1. The van der Waals surface area contributed by atoms with E-state index in [0.29, 0.717) is 0 Å². The molecule has 0 amide bonds. The molecule has 8 aromatic rings. The fraction of sp³-hybridized carbons (Fsp3) is 0.185. The van der Waals surface area contributed by atoms with E-state index in [1.165, 1.54) is 145 Å². The van der Waals surface area contributed by atoms with Crippen LogP contribution in [0.2, 0.25) is 0 Å². The first-order chi connectivity index (χ1) is 33.2. The van der Waals surface area contributed by atoms with Crippen LogP contribution in [0.4, 0.5) is 52.7 Å². The van der Waals surface area contributed by atoms with E-state index in [0.717, 1.165) is 9.13 Å². The molecule has 358 valence electrons. The Hall–Kier alpha value is -7.36. The number of fused-ring (bicyclic) bond motifs is 7. The Balaban J connectivity index is 1.65. The molecule has 0 unspecified atom stereocenters. The van der Waals surface area contributed by atoms with Crippen LogP contribution < -0.4 is 21.4 Å². The van der Waals surface area contributed by atoms with Crippen LogP contribution in [-0.4, -0.2) is 18.3 Å². The standard InChI is InChI=1S/C54H38F12N4/c1-67-35-25-26-36(67)40(32-19-9-4-10-20-32)48-44(52(58,59)60)46(54(64,65)66)50-42(34-23-13-6-14-24-34)38-28-27-37(68(38)2)41(33-21-11-5-12-22-33)49-45(53(61,62)63)43(51(55,56)57)47(39(35)31-17-7-3-8-18-31)69(49)29-15-16-30-70(48)50/h3-14,17-28H,15-16,29-30H2,1-2H3/b39-35-,40-36-,41-37-,42-38-,47-39?,48-40?,49-41?,50-42?. The molecular weight excluding hydrogens is 933 g/mol. The largest absolute Gasteiger partial charge is 0.419 e. The van der Waals surface area contributed by atoms with Gasteiger partial charge in [0.15, 0.2) is 0 Å². The second-order valence-corrected chi connectivity index (χ2v) is 17.2. The van der Waals surface area contributed by atoms with Crippen molar-refractivity contribution in [3.63, 3.8) is 0 Å². The minimum atomic E-state index is -5.67. The second kappa shape index (κ2) is 16.7. The molecule has 0 atom stereocenters. The van der Waals surface area contributed by atoms with Gasteiger partial charge in [0, 0.05) is 49.5 Å². The van der Waals surface area contributed by atoms with E-state index < -0.39 is 82.8 Å². The third kappa shape index (κ3) is 7.50. The second-order valence-electron chi connectivity index (χ2n) is 17.2. The van der Waals surface area contributed by atoms with E-state index >= 15 is 52.7 Å². The number of halogens is 12. The summed E-state index contributed by atoms with van der Waals surface area (Å²) in [6.07, 6.45) is -23.3. The summed E-state index contributed by atoms with van der Waals surface area (Å²) in [6.45, 7) is -1.17. The lowest BCUT2D eigenvalue weighted by molar-refractivity contribution is -0.161. The van der Waals surface area contributed by atoms with Crippen molar-refractivity contribution < 1.29 is 52.7 Å². The normalized spacial score (nSPS) is 17.7. The summed E-state index contributed by atoms with van der Waals surface area (Å²) in [4.78, 5) is 0. The lowest BCUT2D eigenvalue weighted by atomic mass is 9.94. The number of nitrogens with zero attached hydrogens (tertiary/aromatic N) is 4. The SMILES string of the molecule is Cn1/c2cc/c1=C(\c1ccccc1)c1c(C(F)(F)F)c(C(F)(F)F)c3n1CCCCn1c(c(C(F)(F)F)c(C(F)(F)F)c1/C(c1ccccc1)=c1/cc/c(n1C)=C/3c1ccccc1)/C=2c1ccccc1. The molecule has 0 spiro atoms. The van der Waals surface area contributed by atoms with Crippen molar-refractivity contribution in [3.8, 4) is 0 Å². The summed E-state index contributed by atoms with van der Waals surface area (Å²) in [5, 5.41) is -0.639. The van der Waals surface area contributed by atoms with E-state index in [4.69, 9.17) is 0 Å². The molecule has 6 heterocycles. The average molecular weight is 971 g/mol. The summed E-state index contributed by atoms with van der Waals surface area (Å²) in [5.74, 6) is 0. The van der Waals surface area contributed by atoms with Crippen molar-refractivity contribution >= 4 is 22.3 Å². The minimum absolute atomic E-state index is 0.0301. The smallest absolute Gasteiger partial charge is 0.343 e. The number of rotatable bonds is 4. The Bertz CT molecular complexity index is 3120. The summed E-state index contributed by atoms with van der Waals surface area (Å²) in [7, 11) is 2.65. The number of aromatic nitrogens is 4. The molecule has 4 aromatic carbocycles. The summed E-state index contributed by atoms with van der Waals surface area (Å²) < 4.78 is 201. The Kier molecular flexibility index (Phi) is 11.0. The molecule has 6 bridgehead atoms. The molecule has 2 aliphatic heterocycles. The summed E-state index contributed by atoms with van der Waals surface area (Å²) in [6, 6.07) is 34.7. The number of hydrogen-bond acceptors (Lipinski definition) is 0. The zero-order valence-corrected chi connectivity index (χ0v) is 37.0. The van der Waals surface area contributed by atoms with E-state index in [9.17, 15) is 0 Å². The zero-order chi connectivity index (χ0) is 49.7. The van der Waals surface area contributed by atoms with Crippen LogP contribution in [0.1, 0.15) is 80.1 Å². The molecule has 0 radical (unpaired) electrons. The Morgan fingerprint density at radius 2 is 0.500 bits per heavy atom. The maximum absolute atomic E-state index is 16.3. The number of alkyl halides is 12. The van der Waals surface area contributed by atoms with E-state index in [-0.39, 0.29) is 78.8 Å². The van der Waals surface area contributed by atoms with Gasteiger partial charge < -0.3 is 18.3 Å². The highest BCUT2D eigenvalue weighted by molar-refractivity contribution is 5.90. The van der Waals surface area contributed by atoms with Crippen molar-refractivity contribution in [2.24, 2.45) is 14.1 Å². The fourth-order valence-electron chi connectivity index (χ4n) is 10.4. The van der Waals surface area contributed by atoms with Crippen molar-refractivity contribution in [2.75, 3.05) is 0 Å². The van der Waals surface area contributed by atoms with Crippen LogP contribution in [0.25, 0.3) is 22.3 Å². The first-order valence-corrected chi connectivity index (χ1v) is 22.0. The molecule has 0 fully saturated rings. The third-order valence-electron chi connectivity index (χ3n) is 13.1. The Morgan fingerprint density at radius 1 is 0.300 bits per heavy atom. The summed E-state index contributed by atoms with van der Waals surface area (Å²) in [5.41, 5.74) is -12.6. The van der Waals surface area contributed by atoms with Gasteiger partial charge in [-0.25, -0.2) is 0 Å². The van der Waals surface area contributed by atoms with Gasteiger partial charge in [-0.15, -0.1) is 0 Å². The predicted molar refractivity (Wildman–Crippen MR) is 240 cm³/mol. The van der Waals surface area contributed by atoms with Gasteiger partial charge in [0.2, 0.25) is 0 Å². The van der Waals surface area contributed by atoms with Crippen molar-refractivity contribution in [1.82, 2.24) is 18.3 Å². The molecular formula is C54H38F12N4. The third-order valence-corrected chi connectivity index (χ3v) is 13.1.